The van der Waals surface area contributed by atoms with Gasteiger partial charge in [-0.2, -0.15) is 0 Å². The summed E-state index contributed by atoms with van der Waals surface area (Å²) in [6.07, 6.45) is -0.0117. The Bertz CT molecular complexity index is 956. The van der Waals surface area contributed by atoms with Crippen molar-refractivity contribution >= 4 is 29.2 Å². The number of aryl methyl sites for hydroxylation is 1. The van der Waals surface area contributed by atoms with E-state index in [1.165, 1.54) is 0 Å². The van der Waals surface area contributed by atoms with Crippen molar-refractivity contribution in [3.63, 3.8) is 0 Å². The lowest BCUT2D eigenvalue weighted by atomic mass is 10.1. The van der Waals surface area contributed by atoms with E-state index in [1.807, 2.05) is 32.0 Å². The van der Waals surface area contributed by atoms with E-state index in [-0.39, 0.29) is 37.4 Å². The average Bonchev–Trinajstić information content (AvgIpc) is 2.72. The molecular weight excluding hydrogens is 384 g/mol. The van der Waals surface area contributed by atoms with Crippen LogP contribution in [0.2, 0.25) is 0 Å². The Labute approximate surface area is 176 Å². The number of carbonyl (C=O) groups excluding carboxylic acids is 3. The monoisotopic (exact) mass is 410 g/mol. The largest absolute Gasteiger partial charge is 0.487 e. The van der Waals surface area contributed by atoms with E-state index < -0.39 is 5.97 Å². The molecule has 0 aromatic heterocycles. The van der Waals surface area contributed by atoms with Gasteiger partial charge in [-0.25, -0.2) is 4.79 Å². The summed E-state index contributed by atoms with van der Waals surface area (Å²) in [7, 11) is 0. The molecule has 1 N–H and O–H groups in total. The summed E-state index contributed by atoms with van der Waals surface area (Å²) < 4.78 is 10.8. The van der Waals surface area contributed by atoms with Crippen LogP contribution in [0.25, 0.3) is 0 Å². The maximum Gasteiger partial charge on any atom is 0.338 e. The Morgan fingerprint density at radius 1 is 1.17 bits per heavy atom. The molecule has 0 bridgehead atoms. The fourth-order valence-electron chi connectivity index (χ4n) is 3.30. The molecule has 0 saturated heterocycles. The SMILES string of the molecule is CCOC(=O)c1cccc(NC(=O)CCC(=O)N2C[C@H](C)Oc3ccc(C)cc32)c1. The third kappa shape index (κ3) is 5.17. The molecule has 0 radical (unpaired) electrons. The smallest absolute Gasteiger partial charge is 0.338 e. The molecule has 1 aliphatic rings. The molecule has 7 nitrogen and oxygen atoms in total. The Morgan fingerprint density at radius 2 is 1.97 bits per heavy atom. The van der Waals surface area contributed by atoms with E-state index in [0.29, 0.717) is 23.5 Å². The number of esters is 1. The van der Waals surface area contributed by atoms with Gasteiger partial charge in [0.25, 0.3) is 0 Å². The van der Waals surface area contributed by atoms with Crippen LogP contribution in [0.4, 0.5) is 11.4 Å². The van der Waals surface area contributed by atoms with Crippen LogP contribution in [0, 0.1) is 6.92 Å². The van der Waals surface area contributed by atoms with Crippen molar-refractivity contribution in [3.8, 4) is 5.75 Å². The lowest BCUT2D eigenvalue weighted by molar-refractivity contribution is -0.122. The summed E-state index contributed by atoms with van der Waals surface area (Å²) in [6, 6.07) is 12.3. The van der Waals surface area contributed by atoms with Gasteiger partial charge in [0.2, 0.25) is 11.8 Å². The van der Waals surface area contributed by atoms with E-state index in [9.17, 15) is 14.4 Å². The molecule has 2 amide bonds. The van der Waals surface area contributed by atoms with Crippen molar-refractivity contribution in [1.29, 1.82) is 0 Å². The fourth-order valence-corrected chi connectivity index (χ4v) is 3.30. The van der Waals surface area contributed by atoms with Gasteiger partial charge < -0.3 is 19.7 Å². The number of benzene rings is 2. The predicted molar refractivity (Wildman–Crippen MR) is 114 cm³/mol. The summed E-state index contributed by atoms with van der Waals surface area (Å²) in [4.78, 5) is 38.7. The van der Waals surface area contributed by atoms with E-state index >= 15 is 0 Å². The molecule has 1 heterocycles. The second-order valence-electron chi connectivity index (χ2n) is 7.25. The molecule has 2 aromatic rings. The van der Waals surface area contributed by atoms with Gasteiger partial charge in [-0.1, -0.05) is 12.1 Å². The van der Waals surface area contributed by atoms with Gasteiger partial charge in [-0.15, -0.1) is 0 Å². The van der Waals surface area contributed by atoms with Crippen LogP contribution >= 0.6 is 0 Å². The Kier molecular flexibility index (Phi) is 6.72. The fraction of sp³-hybridized carbons (Fsp3) is 0.348. The lowest BCUT2D eigenvalue weighted by Gasteiger charge is -2.33. The third-order valence-corrected chi connectivity index (χ3v) is 4.70. The van der Waals surface area contributed by atoms with Crippen molar-refractivity contribution < 1.29 is 23.9 Å². The van der Waals surface area contributed by atoms with Gasteiger partial charge in [0.05, 0.1) is 24.4 Å². The van der Waals surface area contributed by atoms with Gasteiger partial charge in [-0.05, 0) is 56.7 Å². The van der Waals surface area contributed by atoms with Crippen LogP contribution in [-0.2, 0) is 14.3 Å². The van der Waals surface area contributed by atoms with Gasteiger partial charge in [0, 0.05) is 18.5 Å². The highest BCUT2D eigenvalue weighted by Gasteiger charge is 2.27. The Balaban J connectivity index is 1.60. The maximum atomic E-state index is 12.8. The van der Waals surface area contributed by atoms with E-state index in [1.54, 1.807) is 36.1 Å². The first kappa shape index (κ1) is 21.4. The van der Waals surface area contributed by atoms with Crippen LogP contribution in [0.3, 0.4) is 0 Å². The molecule has 0 spiro atoms. The zero-order valence-corrected chi connectivity index (χ0v) is 17.4. The number of hydrogen-bond donors (Lipinski definition) is 1. The Morgan fingerprint density at radius 3 is 2.73 bits per heavy atom. The van der Waals surface area contributed by atoms with Crippen LogP contribution in [0.5, 0.6) is 5.75 Å². The van der Waals surface area contributed by atoms with Crippen LogP contribution in [0.1, 0.15) is 42.6 Å². The number of nitrogens with zero attached hydrogens (tertiary/aromatic N) is 1. The summed E-state index contributed by atoms with van der Waals surface area (Å²) >= 11 is 0. The Hall–Kier alpha value is -3.35. The first-order valence-corrected chi connectivity index (χ1v) is 10.0. The zero-order chi connectivity index (χ0) is 21.7. The highest BCUT2D eigenvalue weighted by Crippen LogP contribution is 2.34. The molecule has 0 aliphatic carbocycles. The normalized spacial score (nSPS) is 15.0. The number of nitrogens with one attached hydrogen (secondary N) is 1. The first-order valence-electron chi connectivity index (χ1n) is 10.0. The molecule has 3 rings (SSSR count). The molecule has 0 unspecified atom stereocenters. The standard InChI is InChI=1S/C23H26N2O5/c1-4-29-23(28)17-6-5-7-18(13-17)24-21(26)10-11-22(27)25-14-16(3)30-20-9-8-15(2)12-19(20)25/h5-9,12-13,16H,4,10-11,14H2,1-3H3,(H,24,26)/t16-/m0/s1. The van der Waals surface area contributed by atoms with Crippen LogP contribution in [0.15, 0.2) is 42.5 Å². The second kappa shape index (κ2) is 9.43. The molecule has 158 valence electrons. The molecule has 1 aliphatic heterocycles. The molecule has 7 heteroatoms. The molecule has 0 saturated carbocycles. The highest BCUT2D eigenvalue weighted by molar-refractivity contribution is 6.00. The van der Waals surface area contributed by atoms with Crippen LogP contribution < -0.4 is 15.0 Å². The summed E-state index contributed by atoms with van der Waals surface area (Å²) in [5.41, 5.74) is 2.61. The molecule has 30 heavy (non-hydrogen) atoms. The van der Waals surface area contributed by atoms with Gasteiger partial charge in [0.15, 0.2) is 0 Å². The molecule has 1 atom stereocenters. The van der Waals surface area contributed by atoms with Crippen LogP contribution in [-0.4, -0.2) is 37.0 Å². The molecule has 0 fully saturated rings. The van der Waals surface area contributed by atoms with Crippen molar-refractivity contribution in [1.82, 2.24) is 0 Å². The van der Waals surface area contributed by atoms with Crippen molar-refractivity contribution in [2.45, 2.75) is 39.7 Å². The minimum absolute atomic E-state index is 0.0371. The minimum atomic E-state index is -0.445. The van der Waals surface area contributed by atoms with Crippen molar-refractivity contribution in [3.05, 3.63) is 53.6 Å². The van der Waals surface area contributed by atoms with Gasteiger partial charge >= 0.3 is 5.97 Å². The third-order valence-electron chi connectivity index (χ3n) is 4.70. The summed E-state index contributed by atoms with van der Waals surface area (Å²) in [5, 5.41) is 2.73. The second-order valence-corrected chi connectivity index (χ2v) is 7.25. The number of ether oxygens (including phenoxy) is 2. The van der Waals surface area contributed by atoms with E-state index in [2.05, 4.69) is 5.32 Å². The van der Waals surface area contributed by atoms with E-state index in [0.717, 1.165) is 11.3 Å². The predicted octanol–water partition coefficient (Wildman–Crippen LogP) is 3.70. The van der Waals surface area contributed by atoms with Gasteiger partial charge in [0.1, 0.15) is 11.9 Å². The van der Waals surface area contributed by atoms with Crippen molar-refractivity contribution in [2.75, 3.05) is 23.4 Å². The molecular formula is C23H26N2O5. The number of carbonyl (C=O) groups is 3. The zero-order valence-electron chi connectivity index (χ0n) is 17.4. The van der Waals surface area contributed by atoms with Gasteiger partial charge in [-0.3, -0.25) is 9.59 Å². The number of fused-ring (bicyclic) bond motifs is 1. The minimum Gasteiger partial charge on any atom is -0.487 e. The number of rotatable bonds is 6. The average molecular weight is 410 g/mol. The highest BCUT2D eigenvalue weighted by atomic mass is 16.5. The number of anilines is 2. The summed E-state index contributed by atoms with van der Waals surface area (Å²) in [6.45, 7) is 6.32. The first-order chi connectivity index (χ1) is 14.4. The van der Waals surface area contributed by atoms with E-state index in [4.69, 9.17) is 9.47 Å². The summed E-state index contributed by atoms with van der Waals surface area (Å²) in [5.74, 6) is -0.199. The number of amides is 2. The molecule has 2 aromatic carbocycles. The number of hydrogen-bond acceptors (Lipinski definition) is 5. The maximum absolute atomic E-state index is 12.8. The quantitative estimate of drug-likeness (QED) is 0.734. The lowest BCUT2D eigenvalue weighted by Crippen LogP contribution is -2.42. The van der Waals surface area contributed by atoms with Crippen molar-refractivity contribution in [2.24, 2.45) is 0 Å². The topological polar surface area (TPSA) is 84.9 Å².